The summed E-state index contributed by atoms with van der Waals surface area (Å²) in [4.78, 5) is 42.4. The third-order valence-electron chi connectivity index (χ3n) is 0. The summed E-state index contributed by atoms with van der Waals surface area (Å²) in [6.45, 7) is 1.08. The Morgan fingerprint density at radius 1 is 0.824 bits per heavy atom. The Labute approximate surface area is 99.7 Å². The van der Waals surface area contributed by atoms with E-state index >= 15 is 0 Å². The molecule has 0 atom stereocenters. The van der Waals surface area contributed by atoms with Crippen molar-refractivity contribution in [2.75, 3.05) is 0 Å². The Balaban J connectivity index is -0.0000000221. The number of hydrogen-bond acceptors (Lipinski definition) is 9. The molecule has 0 aliphatic carbocycles. The molecule has 0 radical (unpaired) electrons. The topological polar surface area (TPSA) is 201 Å². The van der Waals surface area contributed by atoms with Gasteiger partial charge >= 0.3 is 0 Å². The molecule has 17 heavy (non-hydrogen) atoms. The van der Waals surface area contributed by atoms with Crippen LogP contribution in [0.4, 0.5) is 0 Å². The highest BCUT2D eigenvalue weighted by Gasteiger charge is 1.65. The van der Waals surface area contributed by atoms with Crippen LogP contribution in [0.1, 0.15) is 6.92 Å². The Morgan fingerprint density at radius 3 is 0.824 bits per heavy atom. The Bertz CT molecular complexity index is 229. The van der Waals surface area contributed by atoms with Crippen molar-refractivity contribution in [3.8, 4) is 0 Å². The minimum Gasteiger partial charge on any atom is -0.481 e. The lowest BCUT2D eigenvalue weighted by molar-refractivity contribution is -0.134. The van der Waals surface area contributed by atoms with Crippen molar-refractivity contribution in [3.05, 3.63) is 0 Å². The average Bonchev–Trinajstić information content (AvgIpc) is 2.06. The van der Waals surface area contributed by atoms with Crippen molar-refractivity contribution >= 4 is 41.3 Å². The molecule has 0 aliphatic rings. The van der Waals surface area contributed by atoms with Crippen molar-refractivity contribution in [3.63, 3.8) is 0 Å². The fourth-order valence-electron chi connectivity index (χ4n) is 0. The number of carbonyl (C=O) groups excluding carboxylic acids is 4. The maximum atomic E-state index is 9.00. The summed E-state index contributed by atoms with van der Waals surface area (Å²) in [5.41, 5.74) is 0. The number of carboxylic acids is 1. The van der Waals surface area contributed by atoms with Gasteiger partial charge in [0.25, 0.3) is 5.97 Å². The molecule has 0 aromatic rings. The highest BCUT2D eigenvalue weighted by Crippen LogP contribution is 1.42. The van der Waals surface area contributed by atoms with Gasteiger partial charge in [0.2, 0.25) is 24.3 Å². The van der Waals surface area contributed by atoms with Crippen molar-refractivity contribution in [2.45, 2.75) is 6.92 Å². The highest BCUT2D eigenvalue weighted by molar-refractivity contribution is 5.75. The fraction of sp³-hybridized carbons (Fsp3) is 0.167. The SMILES string of the molecule is CC(=O)O.N=C=O.N=C=O.N=C=O.N=C=O.[SiH4]. The maximum Gasteiger partial charge on any atom is 0.300 e. The van der Waals surface area contributed by atoms with Gasteiger partial charge in [-0.3, -0.25) is 4.79 Å². The van der Waals surface area contributed by atoms with Crippen molar-refractivity contribution in [1.82, 2.24) is 0 Å². The summed E-state index contributed by atoms with van der Waals surface area (Å²) >= 11 is 0. The first-order valence-corrected chi connectivity index (χ1v) is 2.74. The molecule has 0 bridgehead atoms. The number of aliphatic carboxylic acids is 1. The monoisotopic (exact) mass is 264 g/mol. The van der Waals surface area contributed by atoms with E-state index < -0.39 is 5.97 Å². The number of nitrogens with one attached hydrogen (secondary N) is 4. The molecule has 0 amide bonds. The van der Waals surface area contributed by atoms with Gasteiger partial charge in [-0.15, -0.1) is 0 Å². The zero-order valence-corrected chi connectivity index (χ0v) is 7.99. The van der Waals surface area contributed by atoms with Gasteiger partial charge in [0, 0.05) is 6.92 Å². The zero-order chi connectivity index (χ0) is 14.4. The number of hydrogen-bond donors (Lipinski definition) is 5. The van der Waals surface area contributed by atoms with Gasteiger partial charge in [-0.1, -0.05) is 0 Å². The van der Waals surface area contributed by atoms with Crippen LogP contribution >= 0.6 is 0 Å². The summed E-state index contributed by atoms with van der Waals surface area (Å²) in [5.74, 6) is -0.833. The van der Waals surface area contributed by atoms with Gasteiger partial charge in [0.1, 0.15) is 0 Å². The quantitative estimate of drug-likeness (QED) is 0.195. The first kappa shape index (κ1) is 36.8. The average molecular weight is 264 g/mol. The molecule has 0 saturated carbocycles. The van der Waals surface area contributed by atoms with Crippen molar-refractivity contribution in [1.29, 1.82) is 21.6 Å². The van der Waals surface area contributed by atoms with E-state index in [0.29, 0.717) is 0 Å². The second-order valence-corrected chi connectivity index (χ2v) is 0.927. The molecule has 0 rings (SSSR count). The summed E-state index contributed by atoms with van der Waals surface area (Å²) in [6.07, 6.45) is 3.00. The van der Waals surface area contributed by atoms with E-state index in [-0.39, 0.29) is 11.0 Å². The maximum absolute atomic E-state index is 9.00. The summed E-state index contributed by atoms with van der Waals surface area (Å²) in [6, 6.07) is 0. The highest BCUT2D eigenvalue weighted by atomic mass is 28.1. The van der Waals surface area contributed by atoms with Crippen LogP contribution in [0.3, 0.4) is 0 Å². The van der Waals surface area contributed by atoms with Gasteiger partial charge in [0.05, 0.1) is 0 Å². The number of rotatable bonds is 0. The van der Waals surface area contributed by atoms with Gasteiger partial charge in [-0.05, 0) is 11.0 Å². The van der Waals surface area contributed by atoms with Crippen LogP contribution in [-0.2, 0) is 24.0 Å². The lowest BCUT2D eigenvalue weighted by Gasteiger charge is -1.59. The molecule has 11 heteroatoms. The molecule has 0 aliphatic heterocycles. The molecular weight excluding hydrogens is 252 g/mol. The Kier molecular flexibility index (Phi) is 241. The van der Waals surface area contributed by atoms with Crippen LogP contribution in [0.25, 0.3) is 0 Å². The van der Waals surface area contributed by atoms with Crippen LogP contribution in [0.2, 0.25) is 0 Å². The van der Waals surface area contributed by atoms with E-state index in [0.717, 1.165) is 31.2 Å². The molecule has 0 unspecified atom stereocenters. The first-order valence-electron chi connectivity index (χ1n) is 2.74. The predicted octanol–water partition coefficient (Wildman–Crippen LogP) is -1.76. The minimum atomic E-state index is -0.833. The molecule has 96 valence electrons. The largest absolute Gasteiger partial charge is 0.481 e. The standard InChI is InChI=1S/C2H4O2.4CHNO.H4Si/c1-2(3)4;4*2-1-3;/h1H3,(H,3,4);4*2H;1H4. The smallest absolute Gasteiger partial charge is 0.300 e. The normalized spacial score (nSPS) is 3.35. The number of isocyanates is 4. The van der Waals surface area contributed by atoms with Crippen LogP contribution in [0.5, 0.6) is 0 Å². The lowest BCUT2D eigenvalue weighted by Crippen LogP contribution is -1.78. The fourth-order valence-corrected chi connectivity index (χ4v) is 0. The van der Waals surface area contributed by atoms with Gasteiger partial charge in [-0.25, -0.2) is 40.8 Å². The Hall–Kier alpha value is -2.79. The van der Waals surface area contributed by atoms with Gasteiger partial charge in [-0.2, -0.15) is 0 Å². The second kappa shape index (κ2) is 111. The molecule has 0 heterocycles. The summed E-state index contributed by atoms with van der Waals surface area (Å²) < 4.78 is 0. The van der Waals surface area contributed by atoms with Crippen molar-refractivity contribution in [2.24, 2.45) is 0 Å². The summed E-state index contributed by atoms with van der Waals surface area (Å²) in [5, 5.41) is 29.0. The molecule has 10 nitrogen and oxygen atoms in total. The van der Waals surface area contributed by atoms with Crippen LogP contribution in [0, 0.1) is 21.6 Å². The molecule has 5 N–H and O–H groups in total. The molecular formula is C6H12N4O6Si. The van der Waals surface area contributed by atoms with Gasteiger partial charge in [0.15, 0.2) is 0 Å². The molecule has 0 fully saturated rings. The zero-order valence-electron chi connectivity index (χ0n) is 7.99. The summed E-state index contributed by atoms with van der Waals surface area (Å²) in [7, 11) is 0. The number of carboxylic acid groups (broad SMARTS) is 1. The third kappa shape index (κ3) is 213. The van der Waals surface area contributed by atoms with E-state index in [4.69, 9.17) is 50.7 Å². The van der Waals surface area contributed by atoms with E-state index in [2.05, 4.69) is 0 Å². The van der Waals surface area contributed by atoms with Crippen LogP contribution in [-0.4, -0.2) is 46.4 Å². The first-order chi connectivity index (χ1) is 7.39. The predicted molar refractivity (Wildman–Crippen MR) is 58.3 cm³/mol. The van der Waals surface area contributed by atoms with Crippen LogP contribution < -0.4 is 0 Å². The minimum absolute atomic E-state index is 0. The third-order valence-corrected chi connectivity index (χ3v) is 0. The van der Waals surface area contributed by atoms with Crippen molar-refractivity contribution < 1.29 is 29.1 Å². The second-order valence-electron chi connectivity index (χ2n) is 0.927. The molecule has 0 saturated heterocycles. The van der Waals surface area contributed by atoms with Gasteiger partial charge < -0.3 is 5.11 Å². The van der Waals surface area contributed by atoms with E-state index in [1.807, 2.05) is 0 Å². The molecule has 0 aromatic carbocycles. The van der Waals surface area contributed by atoms with E-state index in [1.165, 1.54) is 0 Å². The van der Waals surface area contributed by atoms with E-state index in [1.54, 1.807) is 0 Å². The van der Waals surface area contributed by atoms with Crippen LogP contribution in [0.15, 0.2) is 0 Å². The Morgan fingerprint density at radius 2 is 0.824 bits per heavy atom. The molecule has 0 spiro atoms. The lowest BCUT2D eigenvalue weighted by atomic mass is 10.9. The molecule has 0 aromatic heterocycles. The van der Waals surface area contributed by atoms with E-state index in [9.17, 15) is 0 Å². The number of carbonyl (C=O) groups is 1.